The van der Waals surface area contributed by atoms with E-state index in [0.717, 1.165) is 5.56 Å². The molecule has 0 aliphatic carbocycles. The van der Waals surface area contributed by atoms with Gasteiger partial charge >= 0.3 is 5.69 Å². The number of rotatable bonds is 5. The number of imidazole rings is 1. The molecule has 7 heteroatoms. The number of nitrogens with one attached hydrogen (secondary N) is 1. The van der Waals surface area contributed by atoms with Gasteiger partial charge < -0.3 is 5.32 Å². The van der Waals surface area contributed by atoms with Crippen molar-refractivity contribution in [1.29, 1.82) is 0 Å². The van der Waals surface area contributed by atoms with Crippen LogP contribution in [0.4, 0.5) is 4.39 Å². The van der Waals surface area contributed by atoms with Crippen molar-refractivity contribution < 1.29 is 9.18 Å². The zero-order chi connectivity index (χ0) is 17.1. The van der Waals surface area contributed by atoms with E-state index in [1.165, 1.54) is 23.6 Å². The first-order valence-electron chi connectivity index (χ1n) is 7.59. The van der Waals surface area contributed by atoms with Gasteiger partial charge in [-0.2, -0.15) is 0 Å². The third-order valence-corrected chi connectivity index (χ3v) is 3.74. The molecule has 0 aliphatic heterocycles. The quantitative estimate of drug-likeness (QED) is 0.772. The van der Waals surface area contributed by atoms with Gasteiger partial charge in [0.2, 0.25) is 5.91 Å². The third-order valence-electron chi connectivity index (χ3n) is 3.74. The minimum Gasteiger partial charge on any atom is -0.355 e. The zero-order valence-corrected chi connectivity index (χ0v) is 13.2. The van der Waals surface area contributed by atoms with Crippen LogP contribution in [0.25, 0.3) is 11.2 Å². The van der Waals surface area contributed by atoms with Crippen LogP contribution in [0.15, 0.2) is 47.4 Å². The summed E-state index contributed by atoms with van der Waals surface area (Å²) in [5, 5.41) is 2.67. The van der Waals surface area contributed by atoms with Crippen molar-refractivity contribution in [3.05, 3.63) is 64.5 Å². The molecule has 124 valence electrons. The molecule has 3 rings (SSSR count). The summed E-state index contributed by atoms with van der Waals surface area (Å²) in [4.78, 5) is 28.0. The van der Waals surface area contributed by atoms with Crippen molar-refractivity contribution in [2.24, 2.45) is 0 Å². The van der Waals surface area contributed by atoms with Crippen LogP contribution in [0.3, 0.4) is 0 Å². The van der Waals surface area contributed by atoms with Gasteiger partial charge in [0.1, 0.15) is 5.82 Å². The number of nitrogens with zero attached hydrogens (tertiary/aromatic N) is 3. The van der Waals surface area contributed by atoms with Crippen molar-refractivity contribution >= 4 is 17.1 Å². The van der Waals surface area contributed by atoms with Gasteiger partial charge in [-0.15, -0.1) is 0 Å². The van der Waals surface area contributed by atoms with Gasteiger partial charge in [0.15, 0.2) is 5.65 Å². The van der Waals surface area contributed by atoms with Crippen LogP contribution in [-0.2, 0) is 17.9 Å². The van der Waals surface area contributed by atoms with E-state index in [2.05, 4.69) is 10.3 Å². The van der Waals surface area contributed by atoms with Crippen LogP contribution in [0, 0.1) is 5.82 Å². The van der Waals surface area contributed by atoms with Crippen LogP contribution in [0.5, 0.6) is 0 Å². The van der Waals surface area contributed by atoms with E-state index in [-0.39, 0.29) is 17.4 Å². The Morgan fingerprint density at radius 3 is 2.67 bits per heavy atom. The number of amides is 1. The van der Waals surface area contributed by atoms with E-state index in [1.54, 1.807) is 29.0 Å². The minimum absolute atomic E-state index is 0.147. The van der Waals surface area contributed by atoms with Gasteiger partial charge in [-0.25, -0.2) is 14.2 Å². The fourth-order valence-electron chi connectivity index (χ4n) is 2.62. The lowest BCUT2D eigenvalue weighted by Crippen LogP contribution is -2.30. The molecule has 0 radical (unpaired) electrons. The summed E-state index contributed by atoms with van der Waals surface area (Å²) in [6.45, 7) is 2.44. The van der Waals surface area contributed by atoms with Crippen LogP contribution in [0.2, 0.25) is 0 Å². The van der Waals surface area contributed by atoms with E-state index in [0.29, 0.717) is 30.8 Å². The average molecular weight is 328 g/mol. The second-order valence-corrected chi connectivity index (χ2v) is 5.48. The van der Waals surface area contributed by atoms with Crippen molar-refractivity contribution in [3.63, 3.8) is 0 Å². The fourth-order valence-corrected chi connectivity index (χ4v) is 2.62. The molecule has 0 unspecified atom stereocenters. The summed E-state index contributed by atoms with van der Waals surface area (Å²) in [5.74, 6) is -0.462. The van der Waals surface area contributed by atoms with E-state index >= 15 is 0 Å². The monoisotopic (exact) mass is 328 g/mol. The van der Waals surface area contributed by atoms with Crippen LogP contribution in [-0.4, -0.2) is 26.6 Å². The normalized spacial score (nSPS) is 10.9. The molecule has 3 aromatic rings. The van der Waals surface area contributed by atoms with Crippen molar-refractivity contribution in [2.45, 2.75) is 20.0 Å². The van der Waals surface area contributed by atoms with Crippen molar-refractivity contribution in [2.75, 3.05) is 6.54 Å². The van der Waals surface area contributed by atoms with Crippen molar-refractivity contribution in [3.8, 4) is 0 Å². The van der Waals surface area contributed by atoms with Crippen LogP contribution >= 0.6 is 0 Å². The maximum absolute atomic E-state index is 13.0. The lowest BCUT2D eigenvalue weighted by atomic mass is 10.2. The molecule has 0 atom stereocenters. The topological polar surface area (TPSA) is 68.9 Å². The number of carbonyl (C=O) groups is 1. The Kier molecular flexibility index (Phi) is 4.41. The highest BCUT2D eigenvalue weighted by Gasteiger charge is 2.14. The number of benzene rings is 1. The van der Waals surface area contributed by atoms with Crippen LogP contribution < -0.4 is 11.0 Å². The van der Waals surface area contributed by atoms with Gasteiger partial charge in [0, 0.05) is 26.2 Å². The lowest BCUT2D eigenvalue weighted by molar-refractivity contribution is -0.118. The molecule has 0 fully saturated rings. The summed E-state index contributed by atoms with van der Waals surface area (Å²) < 4.78 is 16.2. The smallest absolute Gasteiger partial charge is 0.330 e. The van der Waals surface area contributed by atoms with Gasteiger partial charge in [0.05, 0.1) is 12.1 Å². The maximum Gasteiger partial charge on any atom is 0.330 e. The van der Waals surface area contributed by atoms with E-state index < -0.39 is 0 Å². The van der Waals surface area contributed by atoms with Crippen LogP contribution in [0.1, 0.15) is 12.5 Å². The first-order valence-corrected chi connectivity index (χ1v) is 7.59. The minimum atomic E-state index is -0.314. The van der Waals surface area contributed by atoms with E-state index in [4.69, 9.17) is 0 Å². The largest absolute Gasteiger partial charge is 0.355 e. The van der Waals surface area contributed by atoms with Gasteiger partial charge in [0.25, 0.3) is 0 Å². The lowest BCUT2D eigenvalue weighted by Gasteiger charge is -2.04. The molecule has 2 aromatic heterocycles. The number of aromatic nitrogens is 3. The predicted molar refractivity (Wildman–Crippen MR) is 88.2 cm³/mol. The summed E-state index contributed by atoms with van der Waals surface area (Å²) in [6.07, 6.45) is 1.62. The first-order chi connectivity index (χ1) is 11.6. The molecule has 0 aliphatic rings. The molecule has 0 saturated carbocycles. The number of hydrogen-bond acceptors (Lipinski definition) is 3. The number of carbonyl (C=O) groups excluding carboxylic acids is 1. The van der Waals surface area contributed by atoms with E-state index in [9.17, 15) is 14.0 Å². The Hall–Kier alpha value is -2.96. The molecule has 1 N–H and O–H groups in total. The molecule has 24 heavy (non-hydrogen) atoms. The molecule has 6 nitrogen and oxygen atoms in total. The Morgan fingerprint density at radius 1 is 1.21 bits per heavy atom. The molecule has 2 heterocycles. The number of pyridine rings is 1. The first kappa shape index (κ1) is 15.9. The highest BCUT2D eigenvalue weighted by atomic mass is 19.1. The standard InChI is InChI=1S/C17H17FN4O2/c1-12(23)19-9-10-21-16-15(3-2-8-20-16)22(17(21)24)11-13-4-6-14(18)7-5-13/h2-8H,9-11H2,1H3,(H,19,23). The Bertz CT molecular complexity index is 928. The Labute approximate surface area is 137 Å². The molecule has 0 spiro atoms. The summed E-state index contributed by atoms with van der Waals surface area (Å²) in [5.41, 5.74) is 1.88. The number of hydrogen-bond donors (Lipinski definition) is 1. The van der Waals surface area contributed by atoms with Gasteiger partial charge in [-0.3, -0.25) is 13.9 Å². The molecule has 0 saturated heterocycles. The Morgan fingerprint density at radius 2 is 1.96 bits per heavy atom. The van der Waals surface area contributed by atoms with Gasteiger partial charge in [-0.1, -0.05) is 12.1 Å². The zero-order valence-electron chi connectivity index (χ0n) is 13.2. The second-order valence-electron chi connectivity index (χ2n) is 5.48. The molecule has 1 amide bonds. The summed E-state index contributed by atoms with van der Waals surface area (Å²) in [7, 11) is 0. The summed E-state index contributed by atoms with van der Waals surface area (Å²) >= 11 is 0. The Balaban J connectivity index is 1.98. The van der Waals surface area contributed by atoms with E-state index in [1.807, 2.05) is 6.07 Å². The second kappa shape index (κ2) is 6.66. The predicted octanol–water partition coefficient (Wildman–Crippen LogP) is 1.52. The van der Waals surface area contributed by atoms with Crippen molar-refractivity contribution in [1.82, 2.24) is 19.4 Å². The third kappa shape index (κ3) is 3.19. The highest BCUT2D eigenvalue weighted by Crippen LogP contribution is 2.12. The average Bonchev–Trinajstić information content (AvgIpc) is 2.82. The molecular weight excluding hydrogens is 311 g/mol. The highest BCUT2D eigenvalue weighted by molar-refractivity contribution is 5.73. The maximum atomic E-state index is 13.0. The molecule has 0 bridgehead atoms. The number of fused-ring (bicyclic) bond motifs is 1. The molecular formula is C17H17FN4O2. The molecule has 1 aromatic carbocycles. The number of halogens is 1. The fraction of sp³-hybridized carbons (Fsp3) is 0.235. The van der Waals surface area contributed by atoms with Gasteiger partial charge in [-0.05, 0) is 29.8 Å². The summed E-state index contributed by atoms with van der Waals surface area (Å²) in [6, 6.07) is 9.63. The SMILES string of the molecule is CC(=O)NCCn1c(=O)n(Cc2ccc(F)cc2)c2cccnc21.